The molecule has 0 radical (unpaired) electrons. The summed E-state index contributed by atoms with van der Waals surface area (Å²) in [5.74, 6) is 0.574. The third-order valence-electron chi connectivity index (χ3n) is 3.41. The molecule has 2 aromatic rings. The average Bonchev–Trinajstić information content (AvgIpc) is 2.53. The number of amides is 1. The SMILES string of the molecule is Cc1ccc(COc2ccc(/C=C\C(=O)N(C)C)cc2N)cc1. The Kier molecular flexibility index (Phi) is 5.41. The minimum atomic E-state index is -0.0664. The van der Waals surface area contributed by atoms with E-state index in [0.717, 1.165) is 11.1 Å². The molecular weight excluding hydrogens is 288 g/mol. The van der Waals surface area contributed by atoms with Crippen molar-refractivity contribution in [1.82, 2.24) is 4.90 Å². The lowest BCUT2D eigenvalue weighted by atomic mass is 10.1. The van der Waals surface area contributed by atoms with E-state index in [9.17, 15) is 4.79 Å². The summed E-state index contributed by atoms with van der Waals surface area (Å²) in [4.78, 5) is 13.0. The number of hydrogen-bond acceptors (Lipinski definition) is 3. The maximum absolute atomic E-state index is 11.5. The highest BCUT2D eigenvalue weighted by atomic mass is 16.5. The first kappa shape index (κ1) is 16.6. The summed E-state index contributed by atoms with van der Waals surface area (Å²) in [6.45, 7) is 2.52. The second-order valence-corrected chi connectivity index (χ2v) is 5.64. The Balaban J connectivity index is 2.01. The third-order valence-corrected chi connectivity index (χ3v) is 3.41. The zero-order valence-electron chi connectivity index (χ0n) is 13.7. The summed E-state index contributed by atoms with van der Waals surface area (Å²) >= 11 is 0. The number of hydrogen-bond donors (Lipinski definition) is 1. The molecule has 0 heterocycles. The topological polar surface area (TPSA) is 55.6 Å². The molecule has 0 aliphatic carbocycles. The van der Waals surface area contributed by atoms with Crippen molar-refractivity contribution in [2.24, 2.45) is 0 Å². The molecule has 0 unspecified atom stereocenters. The molecule has 0 aliphatic heterocycles. The van der Waals surface area contributed by atoms with Crippen molar-refractivity contribution in [3.63, 3.8) is 0 Å². The lowest BCUT2D eigenvalue weighted by Gasteiger charge is -2.10. The van der Waals surface area contributed by atoms with E-state index < -0.39 is 0 Å². The Hall–Kier alpha value is -2.75. The van der Waals surface area contributed by atoms with Gasteiger partial charge in [-0.05, 0) is 36.3 Å². The Bertz CT molecular complexity index is 704. The summed E-state index contributed by atoms with van der Waals surface area (Å²) in [5.41, 5.74) is 9.75. The van der Waals surface area contributed by atoms with Crippen LogP contribution in [0.25, 0.3) is 6.08 Å². The summed E-state index contributed by atoms with van der Waals surface area (Å²) in [6.07, 6.45) is 3.25. The fraction of sp³-hybridized carbons (Fsp3) is 0.211. The number of carbonyl (C=O) groups is 1. The van der Waals surface area contributed by atoms with Gasteiger partial charge in [-0.2, -0.15) is 0 Å². The van der Waals surface area contributed by atoms with Gasteiger partial charge < -0.3 is 15.4 Å². The second kappa shape index (κ2) is 7.49. The summed E-state index contributed by atoms with van der Waals surface area (Å²) in [7, 11) is 3.42. The Morgan fingerprint density at radius 1 is 1.17 bits per heavy atom. The number of carbonyl (C=O) groups excluding carboxylic acids is 1. The zero-order valence-corrected chi connectivity index (χ0v) is 13.7. The summed E-state index contributed by atoms with van der Waals surface area (Å²) in [5, 5.41) is 0. The molecule has 0 bridgehead atoms. The van der Waals surface area contributed by atoms with Gasteiger partial charge >= 0.3 is 0 Å². The van der Waals surface area contributed by atoms with Gasteiger partial charge in [0.05, 0.1) is 5.69 Å². The minimum Gasteiger partial charge on any atom is -0.487 e. The highest BCUT2D eigenvalue weighted by molar-refractivity contribution is 5.91. The Morgan fingerprint density at radius 2 is 1.87 bits per heavy atom. The van der Waals surface area contributed by atoms with Crippen LogP contribution in [0, 0.1) is 6.92 Å². The van der Waals surface area contributed by atoms with E-state index in [2.05, 4.69) is 19.1 Å². The van der Waals surface area contributed by atoms with E-state index in [0.29, 0.717) is 18.0 Å². The minimum absolute atomic E-state index is 0.0664. The number of nitrogens with zero attached hydrogens (tertiary/aromatic N) is 1. The van der Waals surface area contributed by atoms with Crippen LogP contribution in [0.4, 0.5) is 5.69 Å². The van der Waals surface area contributed by atoms with Crippen molar-refractivity contribution in [3.05, 3.63) is 65.2 Å². The first-order valence-electron chi connectivity index (χ1n) is 7.43. The smallest absolute Gasteiger partial charge is 0.246 e. The standard InChI is InChI=1S/C19H22N2O2/c1-14-4-6-16(7-5-14)13-23-18-10-8-15(12-17(18)20)9-11-19(22)21(2)3/h4-12H,13,20H2,1-3H3/b11-9-. The molecule has 2 N–H and O–H groups in total. The van der Waals surface area contributed by atoms with Crippen LogP contribution in [0.3, 0.4) is 0 Å². The van der Waals surface area contributed by atoms with Crippen LogP contribution in [0.15, 0.2) is 48.5 Å². The van der Waals surface area contributed by atoms with Gasteiger partial charge in [-0.1, -0.05) is 35.9 Å². The van der Waals surface area contributed by atoms with Crippen molar-refractivity contribution in [3.8, 4) is 5.75 Å². The van der Waals surface area contributed by atoms with Gasteiger partial charge in [0, 0.05) is 20.2 Å². The van der Waals surface area contributed by atoms with Gasteiger partial charge in [0.1, 0.15) is 12.4 Å². The van der Waals surface area contributed by atoms with E-state index >= 15 is 0 Å². The second-order valence-electron chi connectivity index (χ2n) is 5.64. The predicted molar refractivity (Wildman–Crippen MR) is 94.1 cm³/mol. The molecule has 2 aromatic carbocycles. The maximum atomic E-state index is 11.5. The summed E-state index contributed by atoms with van der Waals surface area (Å²) < 4.78 is 5.76. The van der Waals surface area contributed by atoms with Crippen LogP contribution in [0.1, 0.15) is 16.7 Å². The van der Waals surface area contributed by atoms with Crippen LogP contribution in [-0.4, -0.2) is 24.9 Å². The first-order chi connectivity index (χ1) is 11.0. The van der Waals surface area contributed by atoms with Gasteiger partial charge in [-0.3, -0.25) is 4.79 Å². The molecule has 120 valence electrons. The van der Waals surface area contributed by atoms with Crippen LogP contribution in [-0.2, 0) is 11.4 Å². The summed E-state index contributed by atoms with van der Waals surface area (Å²) in [6, 6.07) is 13.7. The number of nitrogens with two attached hydrogens (primary N) is 1. The van der Waals surface area contributed by atoms with Gasteiger partial charge in [0.15, 0.2) is 0 Å². The number of anilines is 1. The largest absolute Gasteiger partial charge is 0.487 e. The molecular formula is C19H22N2O2. The van der Waals surface area contributed by atoms with Crippen molar-refractivity contribution in [1.29, 1.82) is 0 Å². The average molecular weight is 310 g/mol. The Morgan fingerprint density at radius 3 is 2.48 bits per heavy atom. The number of likely N-dealkylation sites (N-methyl/N-ethyl adjacent to an activating group) is 1. The van der Waals surface area contributed by atoms with Crippen LogP contribution in [0.5, 0.6) is 5.75 Å². The van der Waals surface area contributed by atoms with Gasteiger partial charge in [0.25, 0.3) is 0 Å². The van der Waals surface area contributed by atoms with Crippen molar-refractivity contribution in [2.75, 3.05) is 19.8 Å². The van der Waals surface area contributed by atoms with E-state index in [1.165, 1.54) is 16.5 Å². The fourth-order valence-electron chi connectivity index (χ4n) is 1.96. The predicted octanol–water partition coefficient (Wildman–Crippen LogP) is 3.26. The number of nitrogen functional groups attached to an aromatic ring is 1. The molecule has 4 nitrogen and oxygen atoms in total. The van der Waals surface area contributed by atoms with Crippen molar-refractivity contribution < 1.29 is 9.53 Å². The highest BCUT2D eigenvalue weighted by Crippen LogP contribution is 2.24. The van der Waals surface area contributed by atoms with Gasteiger partial charge in [-0.25, -0.2) is 0 Å². The lowest BCUT2D eigenvalue weighted by Crippen LogP contribution is -2.18. The highest BCUT2D eigenvalue weighted by Gasteiger charge is 2.03. The molecule has 0 fully saturated rings. The lowest BCUT2D eigenvalue weighted by molar-refractivity contribution is -0.123. The molecule has 0 saturated heterocycles. The first-order valence-corrected chi connectivity index (χ1v) is 7.43. The molecule has 1 amide bonds. The molecule has 2 rings (SSSR count). The van der Waals surface area contributed by atoms with Gasteiger partial charge in [0.2, 0.25) is 5.91 Å². The van der Waals surface area contributed by atoms with Crippen molar-refractivity contribution in [2.45, 2.75) is 13.5 Å². The van der Waals surface area contributed by atoms with Gasteiger partial charge in [-0.15, -0.1) is 0 Å². The Labute approximate surface area is 137 Å². The quantitative estimate of drug-likeness (QED) is 0.681. The number of benzene rings is 2. The third kappa shape index (κ3) is 4.88. The maximum Gasteiger partial charge on any atom is 0.246 e. The molecule has 0 aromatic heterocycles. The van der Waals surface area contributed by atoms with E-state index in [4.69, 9.17) is 10.5 Å². The molecule has 23 heavy (non-hydrogen) atoms. The van der Waals surface area contributed by atoms with Crippen molar-refractivity contribution >= 4 is 17.7 Å². The molecule has 0 atom stereocenters. The molecule has 0 saturated carbocycles. The number of aryl methyl sites for hydroxylation is 1. The normalized spacial score (nSPS) is 10.7. The van der Waals surface area contributed by atoms with E-state index in [1.807, 2.05) is 24.3 Å². The zero-order chi connectivity index (χ0) is 16.8. The molecule has 0 aliphatic rings. The van der Waals surface area contributed by atoms with E-state index in [1.54, 1.807) is 26.2 Å². The number of rotatable bonds is 5. The molecule has 4 heteroatoms. The van der Waals surface area contributed by atoms with E-state index in [-0.39, 0.29) is 5.91 Å². The number of ether oxygens (including phenoxy) is 1. The monoisotopic (exact) mass is 310 g/mol. The van der Waals surface area contributed by atoms with Crippen LogP contribution >= 0.6 is 0 Å². The molecule has 0 spiro atoms. The van der Waals surface area contributed by atoms with Crippen LogP contribution in [0.2, 0.25) is 0 Å². The van der Waals surface area contributed by atoms with Crippen LogP contribution < -0.4 is 10.5 Å². The fourth-order valence-corrected chi connectivity index (χ4v) is 1.96.